The molecule has 8 nitrogen and oxygen atoms in total. The number of aromatic amines is 2. The molecule has 0 aliphatic carbocycles. The third-order valence-corrected chi connectivity index (χ3v) is 7.41. The zero-order chi connectivity index (χ0) is 28.0. The van der Waals surface area contributed by atoms with E-state index in [2.05, 4.69) is 10.2 Å². The second kappa shape index (κ2) is 12.8. The van der Waals surface area contributed by atoms with Crippen LogP contribution >= 0.6 is 23.5 Å². The fourth-order valence-corrected chi connectivity index (χ4v) is 4.65. The van der Waals surface area contributed by atoms with Crippen LogP contribution in [0.15, 0.2) is 67.9 Å². The number of carbonyl (C=O) groups is 2. The number of nitrogens with one attached hydrogen (secondary N) is 2. The lowest BCUT2D eigenvalue weighted by Crippen LogP contribution is -2.20. The van der Waals surface area contributed by atoms with Crippen LogP contribution in [0.4, 0.5) is 0 Å². The highest BCUT2D eigenvalue weighted by atomic mass is 32.2. The molecule has 200 valence electrons. The van der Waals surface area contributed by atoms with Crippen LogP contribution in [0.2, 0.25) is 0 Å². The number of hydrogen-bond acceptors (Lipinski definition) is 6. The van der Waals surface area contributed by atoms with Crippen molar-refractivity contribution in [1.82, 2.24) is 19.6 Å². The van der Waals surface area contributed by atoms with Gasteiger partial charge in [0, 0.05) is 33.0 Å². The van der Waals surface area contributed by atoms with Crippen molar-refractivity contribution in [3.8, 4) is 22.5 Å². The van der Waals surface area contributed by atoms with Gasteiger partial charge in [-0.15, -0.1) is 23.5 Å². The van der Waals surface area contributed by atoms with Gasteiger partial charge in [0.2, 0.25) is 0 Å². The van der Waals surface area contributed by atoms with Crippen molar-refractivity contribution in [2.75, 3.05) is 12.5 Å². The summed E-state index contributed by atoms with van der Waals surface area (Å²) in [6.07, 6.45) is 5.25. The monoisotopic (exact) mass is 552 g/mol. The minimum atomic E-state index is -0.269. The van der Waals surface area contributed by atoms with E-state index in [0.717, 1.165) is 20.9 Å². The van der Waals surface area contributed by atoms with E-state index in [1.54, 1.807) is 23.5 Å². The highest BCUT2D eigenvalue weighted by molar-refractivity contribution is 7.98. The van der Waals surface area contributed by atoms with Crippen LogP contribution in [0, 0.1) is 0 Å². The van der Waals surface area contributed by atoms with Crippen LogP contribution in [-0.2, 0) is 0 Å². The summed E-state index contributed by atoms with van der Waals surface area (Å²) in [4.78, 5) is 48.7. The highest BCUT2D eigenvalue weighted by Gasteiger charge is 2.17. The van der Waals surface area contributed by atoms with Gasteiger partial charge in [0.1, 0.15) is 11.1 Å². The van der Waals surface area contributed by atoms with Gasteiger partial charge in [0.05, 0.1) is 11.4 Å². The molecule has 10 heteroatoms. The van der Waals surface area contributed by atoms with Crippen molar-refractivity contribution in [3.63, 3.8) is 0 Å². The Hall–Kier alpha value is -3.50. The normalized spacial score (nSPS) is 10.9. The number of rotatable bonds is 8. The molecule has 0 saturated heterocycles. The van der Waals surface area contributed by atoms with Gasteiger partial charge in [-0.25, -0.2) is 9.36 Å². The van der Waals surface area contributed by atoms with Crippen LogP contribution in [0.1, 0.15) is 60.5 Å². The van der Waals surface area contributed by atoms with E-state index in [1.807, 2.05) is 88.7 Å². The molecule has 4 rings (SSSR count). The van der Waals surface area contributed by atoms with Crippen LogP contribution in [-0.4, -0.2) is 44.6 Å². The molecule has 0 bridgehead atoms. The number of aromatic nitrogens is 4. The van der Waals surface area contributed by atoms with Crippen molar-refractivity contribution in [2.24, 2.45) is 0 Å². The molecule has 2 aromatic carbocycles. The largest absolute Gasteiger partial charge is 0.298 e. The maximum Gasteiger partial charge on any atom is 0.277 e. The first kappa shape index (κ1) is 29.1. The summed E-state index contributed by atoms with van der Waals surface area (Å²) in [5, 5.41) is 6.04. The molecule has 0 fully saturated rings. The summed E-state index contributed by atoms with van der Waals surface area (Å²) in [5.74, 6) is 0. The molecular formula is C28H32N4O4S2. The number of H-pyrrole nitrogens is 2. The molecule has 38 heavy (non-hydrogen) atoms. The molecule has 0 saturated carbocycles. The minimum absolute atomic E-state index is 0.00887. The van der Waals surface area contributed by atoms with Crippen molar-refractivity contribution >= 4 is 36.1 Å². The van der Waals surface area contributed by atoms with E-state index in [9.17, 15) is 19.2 Å². The summed E-state index contributed by atoms with van der Waals surface area (Å²) in [7, 11) is 0. The first-order valence-corrected chi connectivity index (χ1v) is 14.5. The zero-order valence-corrected chi connectivity index (χ0v) is 23.9. The van der Waals surface area contributed by atoms with Crippen molar-refractivity contribution in [2.45, 2.75) is 49.6 Å². The standard InChI is InChI=1S/2C14H16N2O2S/c2*1-9(2)16-14(18)12(8-17)13(15-16)10-4-6-11(19-3)7-5-10/h2*4-9,15H,1-3H3. The molecule has 0 spiro atoms. The average Bonchev–Trinajstić information content (AvgIpc) is 3.45. The number of aldehydes is 2. The predicted octanol–water partition coefficient (Wildman–Crippen LogP) is 5.92. The molecule has 2 N–H and O–H groups in total. The third-order valence-electron chi connectivity index (χ3n) is 5.93. The summed E-state index contributed by atoms with van der Waals surface area (Å²) in [6, 6.07) is 15.5. The van der Waals surface area contributed by atoms with Crippen LogP contribution < -0.4 is 11.1 Å². The Morgan fingerprint density at radius 1 is 0.632 bits per heavy atom. The van der Waals surface area contributed by atoms with Gasteiger partial charge >= 0.3 is 0 Å². The van der Waals surface area contributed by atoms with E-state index in [0.29, 0.717) is 24.0 Å². The van der Waals surface area contributed by atoms with Gasteiger partial charge in [0.15, 0.2) is 12.6 Å². The summed E-state index contributed by atoms with van der Waals surface area (Å²) in [5.41, 5.74) is 2.69. The Morgan fingerprint density at radius 2 is 0.947 bits per heavy atom. The minimum Gasteiger partial charge on any atom is -0.298 e. The van der Waals surface area contributed by atoms with Crippen LogP contribution in [0.25, 0.3) is 22.5 Å². The lowest BCUT2D eigenvalue weighted by molar-refractivity contribution is 0.111. The van der Waals surface area contributed by atoms with E-state index in [4.69, 9.17) is 0 Å². The van der Waals surface area contributed by atoms with Gasteiger partial charge in [-0.2, -0.15) is 0 Å². The zero-order valence-electron chi connectivity index (χ0n) is 22.3. The molecule has 4 aromatic rings. The van der Waals surface area contributed by atoms with E-state index in [1.165, 1.54) is 9.36 Å². The Morgan fingerprint density at radius 3 is 1.18 bits per heavy atom. The third kappa shape index (κ3) is 6.14. The maximum absolute atomic E-state index is 12.1. The summed E-state index contributed by atoms with van der Waals surface area (Å²) < 4.78 is 2.95. The highest BCUT2D eigenvalue weighted by Crippen LogP contribution is 2.24. The van der Waals surface area contributed by atoms with Gasteiger partial charge < -0.3 is 0 Å². The first-order valence-electron chi connectivity index (χ1n) is 12.0. The second-order valence-corrected chi connectivity index (χ2v) is 10.8. The number of hydrogen-bond donors (Lipinski definition) is 2. The SMILES string of the molecule is CSc1ccc(-c2[nH]n(C(C)C)c(=O)c2C=O)cc1.CSc1ccc(-c2[nH]n(C(C)C)c(=O)c2C=O)cc1. The molecule has 0 unspecified atom stereocenters. The topological polar surface area (TPSA) is 110 Å². The Kier molecular flexibility index (Phi) is 9.82. The fraction of sp³-hybridized carbons (Fsp3) is 0.286. The van der Waals surface area contributed by atoms with Crippen molar-refractivity contribution in [3.05, 3.63) is 80.4 Å². The number of carbonyl (C=O) groups excluding carboxylic acids is 2. The summed E-state index contributed by atoms with van der Waals surface area (Å²) >= 11 is 3.30. The first-order chi connectivity index (χ1) is 18.2. The molecule has 0 aliphatic rings. The van der Waals surface area contributed by atoms with Crippen molar-refractivity contribution in [1.29, 1.82) is 0 Å². The van der Waals surface area contributed by atoms with Gasteiger partial charge in [0.25, 0.3) is 11.1 Å². The van der Waals surface area contributed by atoms with E-state index in [-0.39, 0.29) is 34.3 Å². The predicted molar refractivity (Wildman–Crippen MR) is 156 cm³/mol. The van der Waals surface area contributed by atoms with Gasteiger partial charge in [-0.1, -0.05) is 24.3 Å². The molecule has 0 radical (unpaired) electrons. The Bertz CT molecular complexity index is 1390. The molecule has 2 heterocycles. The average molecular weight is 553 g/mol. The van der Waals surface area contributed by atoms with Crippen LogP contribution in [0.3, 0.4) is 0 Å². The van der Waals surface area contributed by atoms with E-state index < -0.39 is 0 Å². The molecule has 2 aromatic heterocycles. The van der Waals surface area contributed by atoms with Gasteiger partial charge in [-0.05, 0) is 64.5 Å². The lowest BCUT2D eigenvalue weighted by Gasteiger charge is -2.05. The maximum atomic E-state index is 12.1. The smallest absolute Gasteiger partial charge is 0.277 e. The number of thioether (sulfide) groups is 2. The molecule has 0 aliphatic heterocycles. The Balaban J connectivity index is 0.000000211. The molecule has 0 atom stereocenters. The summed E-state index contributed by atoms with van der Waals surface area (Å²) in [6.45, 7) is 7.58. The van der Waals surface area contributed by atoms with Gasteiger partial charge in [-0.3, -0.25) is 29.4 Å². The van der Waals surface area contributed by atoms with E-state index >= 15 is 0 Å². The Labute approximate surface area is 229 Å². The molecule has 0 amide bonds. The quantitative estimate of drug-likeness (QED) is 0.208. The lowest BCUT2D eigenvalue weighted by atomic mass is 10.1. The van der Waals surface area contributed by atoms with Crippen molar-refractivity contribution < 1.29 is 9.59 Å². The fourth-order valence-electron chi connectivity index (χ4n) is 3.84. The molecular weight excluding hydrogens is 520 g/mol. The van der Waals surface area contributed by atoms with Crippen LogP contribution in [0.5, 0.6) is 0 Å². The number of benzene rings is 2. The number of nitrogens with zero attached hydrogens (tertiary/aromatic N) is 2. The second-order valence-electron chi connectivity index (χ2n) is 9.03.